The third kappa shape index (κ3) is 1.62. The van der Waals surface area contributed by atoms with Crippen molar-refractivity contribution in [3.8, 4) is 0 Å². The molecule has 2 aliphatic carbocycles. The third-order valence-electron chi connectivity index (χ3n) is 4.20. The molecule has 0 aromatic carbocycles. The lowest BCUT2D eigenvalue weighted by Gasteiger charge is -2.30. The van der Waals surface area contributed by atoms with Crippen molar-refractivity contribution in [1.82, 2.24) is 5.32 Å². The number of aliphatic hydroxyl groups is 1. The van der Waals surface area contributed by atoms with Crippen molar-refractivity contribution in [2.24, 2.45) is 17.8 Å². The molecule has 0 aromatic rings. The molecule has 2 bridgehead atoms. The van der Waals surface area contributed by atoms with Crippen LogP contribution in [0.5, 0.6) is 0 Å². The summed E-state index contributed by atoms with van der Waals surface area (Å²) in [6.07, 6.45) is 5.32. The van der Waals surface area contributed by atoms with Crippen LogP contribution < -0.4 is 5.32 Å². The van der Waals surface area contributed by atoms with Gasteiger partial charge in [0.25, 0.3) is 0 Å². The Morgan fingerprint density at radius 1 is 1.31 bits per heavy atom. The lowest BCUT2D eigenvalue weighted by atomic mass is 9.82. The zero-order valence-corrected chi connectivity index (χ0v) is 8.66. The molecule has 13 heavy (non-hydrogen) atoms. The molecule has 0 aliphatic heterocycles. The summed E-state index contributed by atoms with van der Waals surface area (Å²) in [5, 5.41) is 13.2. The molecule has 0 saturated heterocycles. The fraction of sp³-hybridized carbons (Fsp3) is 1.00. The molecule has 2 saturated carbocycles. The van der Waals surface area contributed by atoms with E-state index in [2.05, 4.69) is 12.2 Å². The second-order valence-electron chi connectivity index (χ2n) is 4.91. The van der Waals surface area contributed by atoms with E-state index < -0.39 is 0 Å². The SMILES string of the molecule is CNC(C)C(O)C1CC2CCC1C2. The van der Waals surface area contributed by atoms with Gasteiger partial charge in [0.05, 0.1) is 6.10 Å². The van der Waals surface area contributed by atoms with Gasteiger partial charge in [-0.25, -0.2) is 0 Å². The third-order valence-corrected chi connectivity index (χ3v) is 4.20. The zero-order chi connectivity index (χ0) is 9.42. The van der Waals surface area contributed by atoms with Crippen LogP contribution >= 0.6 is 0 Å². The first kappa shape index (κ1) is 9.47. The van der Waals surface area contributed by atoms with Crippen LogP contribution in [0.3, 0.4) is 0 Å². The van der Waals surface area contributed by atoms with E-state index in [1.807, 2.05) is 7.05 Å². The molecule has 2 fully saturated rings. The fourth-order valence-corrected chi connectivity index (χ4v) is 3.25. The van der Waals surface area contributed by atoms with Crippen LogP contribution in [0.25, 0.3) is 0 Å². The predicted molar refractivity (Wildman–Crippen MR) is 53.5 cm³/mol. The normalized spacial score (nSPS) is 42.2. The first-order valence-electron chi connectivity index (χ1n) is 5.57. The lowest BCUT2D eigenvalue weighted by molar-refractivity contribution is 0.0491. The summed E-state index contributed by atoms with van der Waals surface area (Å²) in [5.74, 6) is 2.35. The van der Waals surface area contributed by atoms with Gasteiger partial charge in [0.15, 0.2) is 0 Å². The summed E-state index contributed by atoms with van der Waals surface area (Å²) in [5.41, 5.74) is 0. The molecule has 0 radical (unpaired) electrons. The Balaban J connectivity index is 1.94. The molecule has 0 spiro atoms. The highest BCUT2D eigenvalue weighted by atomic mass is 16.3. The monoisotopic (exact) mass is 183 g/mol. The topological polar surface area (TPSA) is 32.3 Å². The van der Waals surface area contributed by atoms with E-state index in [0.29, 0.717) is 5.92 Å². The molecule has 0 aromatic heterocycles. The second kappa shape index (κ2) is 3.58. The maximum atomic E-state index is 10.1. The minimum absolute atomic E-state index is 0.125. The Hall–Kier alpha value is -0.0800. The average Bonchev–Trinajstić information content (AvgIpc) is 2.76. The predicted octanol–water partition coefficient (Wildman–Crippen LogP) is 1.39. The van der Waals surface area contributed by atoms with Gasteiger partial charge in [0.1, 0.15) is 0 Å². The number of hydrogen-bond donors (Lipinski definition) is 2. The summed E-state index contributed by atoms with van der Waals surface area (Å²) < 4.78 is 0. The molecule has 0 amide bonds. The Kier molecular flexibility index (Phi) is 2.61. The first-order valence-corrected chi connectivity index (χ1v) is 5.57. The van der Waals surface area contributed by atoms with Crippen LogP contribution in [0.15, 0.2) is 0 Å². The lowest BCUT2D eigenvalue weighted by Crippen LogP contribution is -2.41. The van der Waals surface area contributed by atoms with Gasteiger partial charge in [-0.3, -0.25) is 0 Å². The summed E-state index contributed by atoms with van der Waals surface area (Å²) in [6, 6.07) is 0.254. The van der Waals surface area contributed by atoms with E-state index in [4.69, 9.17) is 0 Å². The Morgan fingerprint density at radius 3 is 2.54 bits per heavy atom. The number of rotatable bonds is 3. The molecule has 0 heterocycles. The Labute approximate surface area is 80.7 Å². The van der Waals surface area contributed by atoms with E-state index in [9.17, 15) is 5.11 Å². The molecular formula is C11H21NO. The summed E-state index contributed by atoms with van der Waals surface area (Å²) in [4.78, 5) is 0. The molecule has 2 rings (SSSR count). The van der Waals surface area contributed by atoms with Crippen molar-refractivity contribution in [2.45, 2.75) is 44.8 Å². The molecule has 2 nitrogen and oxygen atoms in total. The summed E-state index contributed by atoms with van der Waals surface area (Å²) in [7, 11) is 1.93. The highest BCUT2D eigenvalue weighted by molar-refractivity contribution is 4.95. The van der Waals surface area contributed by atoms with Gasteiger partial charge < -0.3 is 10.4 Å². The van der Waals surface area contributed by atoms with Crippen LogP contribution in [-0.2, 0) is 0 Å². The largest absolute Gasteiger partial charge is 0.391 e. The van der Waals surface area contributed by atoms with E-state index in [1.54, 1.807) is 0 Å². The molecular weight excluding hydrogens is 162 g/mol. The van der Waals surface area contributed by atoms with Gasteiger partial charge in [-0.2, -0.15) is 0 Å². The van der Waals surface area contributed by atoms with Crippen molar-refractivity contribution in [1.29, 1.82) is 0 Å². The van der Waals surface area contributed by atoms with Crippen LogP contribution in [0.1, 0.15) is 32.6 Å². The molecule has 2 aliphatic rings. The number of likely N-dealkylation sites (N-methyl/N-ethyl adjacent to an activating group) is 1. The van der Waals surface area contributed by atoms with Crippen molar-refractivity contribution in [3.05, 3.63) is 0 Å². The summed E-state index contributed by atoms with van der Waals surface area (Å²) >= 11 is 0. The van der Waals surface area contributed by atoms with Gasteiger partial charge in [0, 0.05) is 6.04 Å². The number of nitrogens with one attached hydrogen (secondary N) is 1. The maximum Gasteiger partial charge on any atom is 0.0721 e. The van der Waals surface area contributed by atoms with Crippen molar-refractivity contribution in [2.75, 3.05) is 7.05 Å². The fourth-order valence-electron chi connectivity index (χ4n) is 3.25. The molecule has 5 atom stereocenters. The highest BCUT2D eigenvalue weighted by Gasteiger charge is 2.43. The van der Waals surface area contributed by atoms with Crippen LogP contribution in [0.2, 0.25) is 0 Å². The number of fused-ring (bicyclic) bond motifs is 2. The number of aliphatic hydroxyl groups excluding tert-OH is 1. The molecule has 2 N–H and O–H groups in total. The van der Waals surface area contributed by atoms with E-state index >= 15 is 0 Å². The van der Waals surface area contributed by atoms with E-state index in [1.165, 1.54) is 25.7 Å². The van der Waals surface area contributed by atoms with Crippen LogP contribution in [-0.4, -0.2) is 24.3 Å². The van der Waals surface area contributed by atoms with Crippen LogP contribution in [0, 0.1) is 17.8 Å². The smallest absolute Gasteiger partial charge is 0.0721 e. The standard InChI is InChI=1S/C11H21NO/c1-7(12-2)11(13)10-6-8-3-4-9(10)5-8/h7-13H,3-6H2,1-2H3. The first-order chi connectivity index (χ1) is 6.22. The molecule has 2 heteroatoms. The second-order valence-corrected chi connectivity index (χ2v) is 4.91. The van der Waals surface area contributed by atoms with Gasteiger partial charge in [-0.15, -0.1) is 0 Å². The van der Waals surface area contributed by atoms with Gasteiger partial charge >= 0.3 is 0 Å². The van der Waals surface area contributed by atoms with Crippen molar-refractivity contribution >= 4 is 0 Å². The molecule has 76 valence electrons. The van der Waals surface area contributed by atoms with Gasteiger partial charge in [-0.05, 0) is 51.0 Å². The minimum atomic E-state index is -0.125. The van der Waals surface area contributed by atoms with Gasteiger partial charge in [0.2, 0.25) is 0 Å². The van der Waals surface area contributed by atoms with Gasteiger partial charge in [-0.1, -0.05) is 6.42 Å². The van der Waals surface area contributed by atoms with Crippen LogP contribution in [0.4, 0.5) is 0 Å². The minimum Gasteiger partial charge on any atom is -0.391 e. The van der Waals surface area contributed by atoms with E-state index in [0.717, 1.165) is 11.8 Å². The number of hydrogen-bond acceptors (Lipinski definition) is 2. The van der Waals surface area contributed by atoms with Crippen molar-refractivity contribution in [3.63, 3.8) is 0 Å². The zero-order valence-electron chi connectivity index (χ0n) is 8.66. The summed E-state index contributed by atoms with van der Waals surface area (Å²) in [6.45, 7) is 2.08. The Morgan fingerprint density at radius 2 is 2.08 bits per heavy atom. The molecule has 5 unspecified atom stereocenters. The average molecular weight is 183 g/mol. The van der Waals surface area contributed by atoms with Crippen molar-refractivity contribution < 1.29 is 5.11 Å². The maximum absolute atomic E-state index is 10.1. The quantitative estimate of drug-likeness (QED) is 0.693. The highest BCUT2D eigenvalue weighted by Crippen LogP contribution is 2.49. The Bertz CT molecular complexity index is 183. The van der Waals surface area contributed by atoms with E-state index in [-0.39, 0.29) is 12.1 Å².